The first-order valence-electron chi connectivity index (χ1n) is 3.15. The van der Waals surface area contributed by atoms with Crippen LogP contribution in [0.4, 0.5) is 4.39 Å². The monoisotopic (exact) mass is 224 g/mol. The first-order valence-corrected chi connectivity index (χ1v) is 5.01. The van der Waals surface area contributed by atoms with Gasteiger partial charge in [0.2, 0.25) is 0 Å². The van der Waals surface area contributed by atoms with E-state index in [-0.39, 0.29) is 9.92 Å². The van der Waals surface area contributed by atoms with Crippen molar-refractivity contribution in [3.05, 3.63) is 29.0 Å². The number of hydrogen-bond donors (Lipinski definition) is 2. The maximum absolute atomic E-state index is 12.6. The molecule has 0 atom stereocenters. The molecule has 0 amide bonds. The molecule has 0 fully saturated rings. The van der Waals surface area contributed by atoms with Crippen LogP contribution in [-0.2, 0) is 10.0 Å². The summed E-state index contributed by atoms with van der Waals surface area (Å²) in [5.41, 5.74) is 0. The van der Waals surface area contributed by atoms with Gasteiger partial charge in [-0.3, -0.25) is 5.84 Å². The van der Waals surface area contributed by atoms with E-state index in [0.717, 1.165) is 18.2 Å². The Bertz CT molecular complexity index is 421. The molecule has 0 unspecified atom stereocenters. The van der Waals surface area contributed by atoms with Crippen LogP contribution in [0.25, 0.3) is 0 Å². The molecule has 0 aliphatic heterocycles. The van der Waals surface area contributed by atoms with Gasteiger partial charge in [0, 0.05) is 0 Å². The Kier molecular flexibility index (Phi) is 2.87. The molecular weight excluding hydrogens is 219 g/mol. The van der Waals surface area contributed by atoms with E-state index < -0.39 is 15.8 Å². The Labute approximate surface area is 79.5 Å². The molecule has 7 heteroatoms. The van der Waals surface area contributed by atoms with Crippen molar-refractivity contribution in [2.75, 3.05) is 0 Å². The van der Waals surface area contributed by atoms with Gasteiger partial charge in [-0.2, -0.15) is 4.83 Å². The van der Waals surface area contributed by atoms with Gasteiger partial charge in [-0.05, 0) is 18.2 Å². The van der Waals surface area contributed by atoms with Gasteiger partial charge in [-0.15, -0.1) is 0 Å². The van der Waals surface area contributed by atoms with E-state index in [1.807, 2.05) is 0 Å². The number of hydrazine groups is 1. The van der Waals surface area contributed by atoms with E-state index in [1.165, 1.54) is 0 Å². The van der Waals surface area contributed by atoms with Gasteiger partial charge in [-0.25, -0.2) is 12.8 Å². The summed E-state index contributed by atoms with van der Waals surface area (Å²) >= 11 is 5.52. The van der Waals surface area contributed by atoms with E-state index in [0.29, 0.717) is 0 Å². The molecule has 3 N–H and O–H groups in total. The SMILES string of the molecule is NNS(=O)(=O)c1cc(F)ccc1Cl. The molecule has 72 valence electrons. The molecule has 1 aromatic carbocycles. The van der Waals surface area contributed by atoms with Crippen LogP contribution in [0, 0.1) is 5.82 Å². The van der Waals surface area contributed by atoms with Crippen LogP contribution in [0.1, 0.15) is 0 Å². The van der Waals surface area contributed by atoms with Crippen LogP contribution in [0.2, 0.25) is 5.02 Å². The zero-order chi connectivity index (χ0) is 10.1. The van der Waals surface area contributed by atoms with Gasteiger partial charge in [0.25, 0.3) is 10.0 Å². The fourth-order valence-electron chi connectivity index (χ4n) is 0.747. The fraction of sp³-hybridized carbons (Fsp3) is 0. The molecule has 1 aromatic rings. The number of nitrogens with two attached hydrogens (primary N) is 1. The molecule has 0 spiro atoms. The molecule has 0 aromatic heterocycles. The lowest BCUT2D eigenvalue weighted by Crippen LogP contribution is -2.30. The third kappa shape index (κ3) is 2.16. The summed E-state index contributed by atoms with van der Waals surface area (Å²) in [6.07, 6.45) is 0. The summed E-state index contributed by atoms with van der Waals surface area (Å²) in [5, 5.41) is -0.0839. The average molecular weight is 225 g/mol. The van der Waals surface area contributed by atoms with Gasteiger partial charge < -0.3 is 0 Å². The highest BCUT2D eigenvalue weighted by Crippen LogP contribution is 2.21. The number of hydrogen-bond acceptors (Lipinski definition) is 3. The van der Waals surface area contributed by atoms with Gasteiger partial charge in [-0.1, -0.05) is 11.6 Å². The lowest BCUT2D eigenvalue weighted by atomic mass is 10.3. The minimum atomic E-state index is -3.90. The maximum Gasteiger partial charge on any atom is 0.254 e. The normalized spacial score (nSPS) is 11.6. The Morgan fingerprint density at radius 1 is 1.46 bits per heavy atom. The van der Waals surface area contributed by atoms with Crippen molar-refractivity contribution in [2.24, 2.45) is 5.84 Å². The average Bonchev–Trinajstić information content (AvgIpc) is 2.09. The summed E-state index contributed by atoms with van der Waals surface area (Å²) in [6.45, 7) is 0. The van der Waals surface area contributed by atoms with Crippen LogP contribution < -0.4 is 10.7 Å². The highest BCUT2D eigenvalue weighted by atomic mass is 35.5. The molecular formula is C6H6ClFN2O2S. The predicted octanol–water partition coefficient (Wildman–Crippen LogP) is 0.631. The third-order valence-corrected chi connectivity index (χ3v) is 3.01. The Balaban J connectivity index is 3.38. The molecule has 0 saturated heterocycles. The first kappa shape index (κ1) is 10.4. The lowest BCUT2D eigenvalue weighted by molar-refractivity contribution is 0.580. The van der Waals surface area contributed by atoms with Crippen molar-refractivity contribution >= 4 is 21.6 Å². The van der Waals surface area contributed by atoms with Crippen molar-refractivity contribution in [1.29, 1.82) is 0 Å². The summed E-state index contributed by atoms with van der Waals surface area (Å²) in [6, 6.07) is 2.98. The molecule has 13 heavy (non-hydrogen) atoms. The molecule has 0 bridgehead atoms. The second kappa shape index (κ2) is 3.59. The Morgan fingerprint density at radius 3 is 2.62 bits per heavy atom. The number of benzene rings is 1. The molecule has 0 saturated carbocycles. The predicted molar refractivity (Wildman–Crippen MR) is 45.9 cm³/mol. The molecule has 0 radical (unpaired) electrons. The molecule has 1 rings (SSSR count). The number of halogens is 2. The zero-order valence-electron chi connectivity index (χ0n) is 6.29. The lowest BCUT2D eigenvalue weighted by Gasteiger charge is -2.03. The molecule has 4 nitrogen and oxygen atoms in total. The standard InChI is InChI=1S/C6H6ClFN2O2S/c7-5-2-1-4(8)3-6(5)13(11,12)10-9/h1-3,10H,9H2. The van der Waals surface area contributed by atoms with Crippen LogP contribution in [-0.4, -0.2) is 8.42 Å². The summed E-state index contributed by atoms with van der Waals surface area (Å²) < 4.78 is 34.8. The summed E-state index contributed by atoms with van der Waals surface area (Å²) in [4.78, 5) is 1.17. The number of nitrogens with one attached hydrogen (secondary N) is 1. The van der Waals surface area contributed by atoms with Crippen LogP contribution >= 0.6 is 11.6 Å². The minimum absolute atomic E-state index is 0.0839. The van der Waals surface area contributed by atoms with E-state index in [1.54, 1.807) is 4.83 Å². The fourth-order valence-corrected chi connectivity index (χ4v) is 1.89. The quantitative estimate of drug-likeness (QED) is 0.572. The summed E-state index contributed by atoms with van der Waals surface area (Å²) in [7, 11) is -3.90. The molecule has 0 aliphatic rings. The van der Waals surface area contributed by atoms with Crippen molar-refractivity contribution in [3.63, 3.8) is 0 Å². The second-order valence-electron chi connectivity index (χ2n) is 2.20. The maximum atomic E-state index is 12.6. The van der Waals surface area contributed by atoms with Crippen molar-refractivity contribution in [2.45, 2.75) is 4.90 Å². The number of rotatable bonds is 2. The highest BCUT2D eigenvalue weighted by molar-refractivity contribution is 7.89. The molecule has 0 heterocycles. The van der Waals surface area contributed by atoms with Gasteiger partial charge in [0.1, 0.15) is 10.7 Å². The Hall–Kier alpha value is -0.690. The van der Waals surface area contributed by atoms with Crippen molar-refractivity contribution in [1.82, 2.24) is 4.83 Å². The largest absolute Gasteiger partial charge is 0.257 e. The third-order valence-electron chi connectivity index (χ3n) is 1.34. The number of sulfonamides is 1. The van der Waals surface area contributed by atoms with Crippen LogP contribution in [0.15, 0.2) is 23.1 Å². The van der Waals surface area contributed by atoms with E-state index in [4.69, 9.17) is 17.4 Å². The van der Waals surface area contributed by atoms with E-state index in [9.17, 15) is 12.8 Å². The van der Waals surface area contributed by atoms with Crippen molar-refractivity contribution in [3.8, 4) is 0 Å². The minimum Gasteiger partial charge on any atom is -0.257 e. The van der Waals surface area contributed by atoms with Gasteiger partial charge >= 0.3 is 0 Å². The van der Waals surface area contributed by atoms with Crippen molar-refractivity contribution < 1.29 is 12.8 Å². The zero-order valence-corrected chi connectivity index (χ0v) is 7.86. The van der Waals surface area contributed by atoms with Crippen LogP contribution in [0.3, 0.4) is 0 Å². The Morgan fingerprint density at radius 2 is 2.08 bits per heavy atom. The highest BCUT2D eigenvalue weighted by Gasteiger charge is 2.16. The first-order chi connectivity index (χ1) is 5.97. The van der Waals surface area contributed by atoms with Gasteiger partial charge in [0.05, 0.1) is 5.02 Å². The molecule has 0 aliphatic carbocycles. The van der Waals surface area contributed by atoms with Crippen LogP contribution in [0.5, 0.6) is 0 Å². The van der Waals surface area contributed by atoms with E-state index >= 15 is 0 Å². The topological polar surface area (TPSA) is 72.2 Å². The summed E-state index contributed by atoms with van der Waals surface area (Å²) in [5.74, 6) is 4.04. The second-order valence-corrected chi connectivity index (χ2v) is 4.29. The van der Waals surface area contributed by atoms with Gasteiger partial charge in [0.15, 0.2) is 0 Å². The van der Waals surface area contributed by atoms with E-state index in [2.05, 4.69) is 0 Å². The smallest absolute Gasteiger partial charge is 0.254 e.